The van der Waals surface area contributed by atoms with Gasteiger partial charge in [0.2, 0.25) is 0 Å². The van der Waals surface area contributed by atoms with Crippen LogP contribution < -0.4 is 10.1 Å². The number of aromatic nitrogens is 2. The maximum atomic E-state index is 5.89. The number of ether oxygens (including phenoxy) is 1. The Morgan fingerprint density at radius 1 is 1.32 bits per heavy atom. The van der Waals surface area contributed by atoms with Gasteiger partial charge in [0.05, 0.1) is 23.2 Å². The molecule has 0 aliphatic carbocycles. The third-order valence-corrected chi connectivity index (χ3v) is 3.39. The average Bonchev–Trinajstić information content (AvgIpc) is 2.90. The summed E-state index contributed by atoms with van der Waals surface area (Å²) in [4.78, 5) is 1.10. The summed E-state index contributed by atoms with van der Waals surface area (Å²) in [6.07, 6.45) is 1.97. The van der Waals surface area contributed by atoms with Crippen LogP contribution in [-0.2, 0) is 0 Å². The van der Waals surface area contributed by atoms with Crippen molar-refractivity contribution in [2.24, 2.45) is 0 Å². The quantitative estimate of drug-likeness (QED) is 0.881. The van der Waals surface area contributed by atoms with Crippen LogP contribution >= 0.6 is 11.5 Å². The highest BCUT2D eigenvalue weighted by molar-refractivity contribution is 7.05. The molecule has 19 heavy (non-hydrogen) atoms. The Morgan fingerprint density at radius 2 is 2.11 bits per heavy atom. The van der Waals surface area contributed by atoms with Crippen LogP contribution in [0, 0.1) is 0 Å². The largest absolute Gasteiger partial charge is 0.491 e. The first-order valence-electron chi connectivity index (χ1n) is 6.48. The molecule has 1 aromatic heterocycles. The monoisotopic (exact) mass is 277 g/mol. The molecule has 2 rings (SSSR count). The Labute approximate surface area is 118 Å². The number of nitrogens with one attached hydrogen (secondary N) is 1. The Balaban J connectivity index is 2.36. The maximum absolute atomic E-state index is 5.89. The zero-order chi connectivity index (χ0) is 13.7. The van der Waals surface area contributed by atoms with E-state index in [-0.39, 0.29) is 12.1 Å². The second-order valence-electron chi connectivity index (χ2n) is 4.51. The second-order valence-corrected chi connectivity index (χ2v) is 5.33. The molecule has 0 saturated heterocycles. The Kier molecular flexibility index (Phi) is 4.87. The standard InChI is InChI=1S/C14H19N3OS/c1-4-15-14(13-9-16-17-19-13)11-7-5-6-8-12(11)18-10(2)3/h5-10,14-15H,4H2,1-3H3. The van der Waals surface area contributed by atoms with Crippen LogP contribution in [-0.4, -0.2) is 22.2 Å². The highest BCUT2D eigenvalue weighted by atomic mass is 32.1. The first kappa shape index (κ1) is 14.0. The van der Waals surface area contributed by atoms with Crippen molar-refractivity contribution < 1.29 is 4.74 Å². The van der Waals surface area contributed by atoms with Gasteiger partial charge in [-0.3, -0.25) is 0 Å². The summed E-state index contributed by atoms with van der Waals surface area (Å²) in [6, 6.07) is 8.20. The third-order valence-electron chi connectivity index (χ3n) is 2.66. The molecule has 0 bridgehead atoms. The molecule has 102 valence electrons. The fourth-order valence-electron chi connectivity index (χ4n) is 1.95. The summed E-state index contributed by atoms with van der Waals surface area (Å²) in [6.45, 7) is 7.03. The van der Waals surface area contributed by atoms with Gasteiger partial charge in [-0.05, 0) is 38.0 Å². The van der Waals surface area contributed by atoms with Crippen molar-refractivity contribution in [1.29, 1.82) is 0 Å². The molecule has 1 unspecified atom stereocenters. The van der Waals surface area contributed by atoms with E-state index in [9.17, 15) is 0 Å². The van der Waals surface area contributed by atoms with E-state index < -0.39 is 0 Å². The van der Waals surface area contributed by atoms with Crippen LogP contribution in [0.5, 0.6) is 5.75 Å². The Bertz CT molecular complexity index is 499. The molecule has 4 nitrogen and oxygen atoms in total. The minimum atomic E-state index is 0.0833. The lowest BCUT2D eigenvalue weighted by molar-refractivity contribution is 0.238. The van der Waals surface area contributed by atoms with E-state index in [0.717, 1.165) is 22.7 Å². The van der Waals surface area contributed by atoms with Gasteiger partial charge in [-0.25, -0.2) is 0 Å². The third kappa shape index (κ3) is 3.52. The van der Waals surface area contributed by atoms with Crippen LogP contribution in [0.4, 0.5) is 0 Å². The van der Waals surface area contributed by atoms with Crippen molar-refractivity contribution in [3.05, 3.63) is 40.9 Å². The van der Waals surface area contributed by atoms with Crippen LogP contribution in [0.3, 0.4) is 0 Å². The molecule has 0 radical (unpaired) electrons. The first-order chi connectivity index (χ1) is 9.22. The Morgan fingerprint density at radius 3 is 2.74 bits per heavy atom. The molecule has 1 heterocycles. The van der Waals surface area contributed by atoms with Gasteiger partial charge >= 0.3 is 0 Å². The molecule has 1 N–H and O–H groups in total. The van der Waals surface area contributed by atoms with E-state index >= 15 is 0 Å². The highest BCUT2D eigenvalue weighted by Gasteiger charge is 2.19. The zero-order valence-electron chi connectivity index (χ0n) is 11.5. The molecule has 0 saturated carbocycles. The lowest BCUT2D eigenvalue weighted by Gasteiger charge is -2.21. The molecule has 0 amide bonds. The van der Waals surface area contributed by atoms with Gasteiger partial charge in [-0.1, -0.05) is 29.6 Å². The molecule has 0 aliphatic rings. The normalized spacial score (nSPS) is 12.6. The second kappa shape index (κ2) is 6.63. The fraction of sp³-hybridized carbons (Fsp3) is 0.429. The summed E-state index contributed by atoms with van der Waals surface area (Å²) in [5.41, 5.74) is 1.13. The van der Waals surface area contributed by atoms with E-state index in [1.54, 1.807) is 0 Å². The van der Waals surface area contributed by atoms with Crippen LogP contribution in [0.1, 0.15) is 37.3 Å². The van der Waals surface area contributed by atoms with Crippen LogP contribution in [0.2, 0.25) is 0 Å². The molecular weight excluding hydrogens is 258 g/mol. The summed E-state index contributed by atoms with van der Waals surface area (Å²) in [5, 5.41) is 7.39. The van der Waals surface area contributed by atoms with Crippen molar-refractivity contribution >= 4 is 11.5 Å². The summed E-state index contributed by atoms with van der Waals surface area (Å²) in [5.74, 6) is 0.914. The molecule has 1 aromatic carbocycles. The molecule has 0 aliphatic heterocycles. The van der Waals surface area contributed by atoms with Crippen LogP contribution in [0.25, 0.3) is 0 Å². The number of hydrogen-bond donors (Lipinski definition) is 1. The van der Waals surface area contributed by atoms with Gasteiger partial charge in [0, 0.05) is 5.56 Å². The van der Waals surface area contributed by atoms with E-state index in [1.807, 2.05) is 38.2 Å². The SMILES string of the molecule is CCNC(c1cnns1)c1ccccc1OC(C)C. The number of nitrogens with zero attached hydrogens (tertiary/aromatic N) is 2. The van der Waals surface area contributed by atoms with Crippen LogP contribution in [0.15, 0.2) is 30.5 Å². The molecular formula is C14H19N3OS. The van der Waals surface area contributed by atoms with E-state index in [1.165, 1.54) is 11.5 Å². The van der Waals surface area contributed by atoms with Crippen molar-refractivity contribution in [1.82, 2.24) is 14.9 Å². The number of para-hydroxylation sites is 1. The van der Waals surface area contributed by atoms with Gasteiger partial charge in [0.1, 0.15) is 5.75 Å². The van der Waals surface area contributed by atoms with Gasteiger partial charge in [0.25, 0.3) is 0 Å². The number of benzene rings is 1. The van der Waals surface area contributed by atoms with Crippen molar-refractivity contribution in [2.45, 2.75) is 32.9 Å². The van der Waals surface area contributed by atoms with Gasteiger partial charge in [-0.2, -0.15) is 0 Å². The van der Waals surface area contributed by atoms with Crippen molar-refractivity contribution in [3.63, 3.8) is 0 Å². The summed E-state index contributed by atoms with van der Waals surface area (Å²) in [7, 11) is 0. The maximum Gasteiger partial charge on any atom is 0.124 e. The van der Waals surface area contributed by atoms with E-state index in [4.69, 9.17) is 4.74 Å². The average molecular weight is 277 g/mol. The van der Waals surface area contributed by atoms with E-state index in [0.29, 0.717) is 0 Å². The first-order valence-corrected chi connectivity index (χ1v) is 7.26. The molecule has 0 fully saturated rings. The van der Waals surface area contributed by atoms with E-state index in [2.05, 4.69) is 27.9 Å². The highest BCUT2D eigenvalue weighted by Crippen LogP contribution is 2.31. The zero-order valence-corrected chi connectivity index (χ0v) is 12.3. The predicted molar refractivity (Wildman–Crippen MR) is 77.6 cm³/mol. The number of rotatable bonds is 6. The lowest BCUT2D eigenvalue weighted by atomic mass is 10.0. The fourth-order valence-corrected chi connectivity index (χ4v) is 2.55. The topological polar surface area (TPSA) is 47.0 Å². The van der Waals surface area contributed by atoms with Crippen molar-refractivity contribution in [2.75, 3.05) is 6.54 Å². The minimum Gasteiger partial charge on any atom is -0.491 e. The minimum absolute atomic E-state index is 0.0833. The van der Waals surface area contributed by atoms with Gasteiger partial charge in [0.15, 0.2) is 0 Å². The summed E-state index contributed by atoms with van der Waals surface area (Å²) >= 11 is 1.41. The smallest absolute Gasteiger partial charge is 0.124 e. The lowest BCUT2D eigenvalue weighted by Crippen LogP contribution is -2.22. The molecule has 5 heteroatoms. The van der Waals surface area contributed by atoms with Crippen molar-refractivity contribution in [3.8, 4) is 5.75 Å². The Hall–Kier alpha value is -1.46. The van der Waals surface area contributed by atoms with Gasteiger partial charge < -0.3 is 10.1 Å². The molecule has 2 aromatic rings. The van der Waals surface area contributed by atoms with Gasteiger partial charge in [-0.15, -0.1) is 5.10 Å². The predicted octanol–water partition coefficient (Wildman–Crippen LogP) is 3.02. The number of hydrogen-bond acceptors (Lipinski definition) is 5. The molecule has 0 spiro atoms. The summed E-state index contributed by atoms with van der Waals surface area (Å²) < 4.78 is 9.85. The molecule has 1 atom stereocenters.